The second-order valence-electron chi connectivity index (χ2n) is 8.58. The molecule has 0 fully saturated rings. The molecule has 0 spiro atoms. The maximum Gasteiger partial charge on any atom is 0.330 e. The average molecular weight is 543 g/mol. The standard InChI is InChI=1S/C31H46N2O6/c1-3-5-6-7-8-9-10-11-12-13-14-15-16-17-18-19-20-23-28(34)32-26-21-22-27(31(37)38)33-29(35)24-25-30(36)39-4-2/h5-6,8-9,11-12,14-15,17-18,24-25,27H,3-4,7,10,13,16,19-23,26H2,1-2H3,(H,32,34)(H,33,35)(H,37,38). The van der Waals surface area contributed by atoms with E-state index in [0.29, 0.717) is 19.4 Å². The second-order valence-corrected chi connectivity index (χ2v) is 8.58. The Bertz CT molecular complexity index is 884. The molecule has 1 atom stereocenters. The first-order valence-corrected chi connectivity index (χ1v) is 13.8. The molecule has 0 saturated heterocycles. The molecule has 3 N–H and O–H groups in total. The number of carbonyl (C=O) groups is 4. The summed E-state index contributed by atoms with van der Waals surface area (Å²) in [5.74, 6) is -2.65. The van der Waals surface area contributed by atoms with Crippen LogP contribution in [0, 0.1) is 0 Å². The number of ether oxygens (including phenoxy) is 1. The summed E-state index contributed by atoms with van der Waals surface area (Å²) in [6.45, 7) is 4.26. The van der Waals surface area contributed by atoms with Gasteiger partial charge in [-0.2, -0.15) is 0 Å². The van der Waals surface area contributed by atoms with Crippen LogP contribution >= 0.6 is 0 Å². The predicted molar refractivity (Wildman–Crippen MR) is 156 cm³/mol. The van der Waals surface area contributed by atoms with Crippen LogP contribution in [0.3, 0.4) is 0 Å². The van der Waals surface area contributed by atoms with Gasteiger partial charge in [-0.05, 0) is 64.7 Å². The third kappa shape index (κ3) is 24.4. The molecule has 0 radical (unpaired) electrons. The lowest BCUT2D eigenvalue weighted by Crippen LogP contribution is -2.40. The third-order valence-corrected chi connectivity index (χ3v) is 5.20. The maximum atomic E-state index is 12.0. The Morgan fingerprint density at radius 1 is 0.769 bits per heavy atom. The Hall–Kier alpha value is -3.68. The molecule has 0 aliphatic heterocycles. The molecule has 0 rings (SSSR count). The Morgan fingerprint density at radius 2 is 1.33 bits per heavy atom. The van der Waals surface area contributed by atoms with Crippen LogP contribution in [0.1, 0.15) is 78.1 Å². The van der Waals surface area contributed by atoms with Crippen LogP contribution in [0.25, 0.3) is 0 Å². The summed E-state index contributed by atoms with van der Waals surface area (Å²) in [5, 5.41) is 14.4. The molecule has 2 amide bonds. The van der Waals surface area contributed by atoms with Gasteiger partial charge in [-0.3, -0.25) is 9.59 Å². The van der Waals surface area contributed by atoms with Crippen LogP contribution in [-0.2, 0) is 23.9 Å². The van der Waals surface area contributed by atoms with Crippen molar-refractivity contribution in [3.63, 3.8) is 0 Å². The number of amides is 2. The van der Waals surface area contributed by atoms with Gasteiger partial charge in [0.1, 0.15) is 6.04 Å². The van der Waals surface area contributed by atoms with Crippen LogP contribution in [0.2, 0.25) is 0 Å². The largest absolute Gasteiger partial charge is 0.480 e. The van der Waals surface area contributed by atoms with E-state index < -0.39 is 23.9 Å². The van der Waals surface area contributed by atoms with E-state index in [1.54, 1.807) is 6.92 Å². The van der Waals surface area contributed by atoms with E-state index in [0.717, 1.165) is 57.1 Å². The lowest BCUT2D eigenvalue weighted by molar-refractivity contribution is -0.141. The van der Waals surface area contributed by atoms with Gasteiger partial charge < -0.3 is 20.5 Å². The fourth-order valence-electron chi connectivity index (χ4n) is 3.18. The topological polar surface area (TPSA) is 122 Å². The van der Waals surface area contributed by atoms with E-state index in [1.807, 2.05) is 0 Å². The SMILES string of the molecule is CCC=CCC=CCC=CCC=CCC=CCCCC(=O)NCCCC(NC(=O)C=CC(=O)OCC)C(=O)O. The summed E-state index contributed by atoms with van der Waals surface area (Å²) in [6, 6.07) is -1.11. The molecular formula is C31H46N2O6. The number of aliphatic carboxylic acids is 1. The minimum Gasteiger partial charge on any atom is -0.480 e. The van der Waals surface area contributed by atoms with Crippen molar-refractivity contribution in [1.29, 1.82) is 0 Å². The predicted octanol–water partition coefficient (Wildman–Crippen LogP) is 5.49. The molecule has 216 valence electrons. The Morgan fingerprint density at radius 3 is 1.87 bits per heavy atom. The van der Waals surface area contributed by atoms with E-state index >= 15 is 0 Å². The first kappa shape index (κ1) is 35.3. The quantitative estimate of drug-likeness (QED) is 0.0719. The summed E-state index contributed by atoms with van der Waals surface area (Å²) >= 11 is 0. The van der Waals surface area contributed by atoms with Crippen molar-refractivity contribution in [3.8, 4) is 0 Å². The molecule has 1 unspecified atom stereocenters. The molecule has 0 aromatic carbocycles. The van der Waals surface area contributed by atoms with Crippen molar-refractivity contribution in [2.24, 2.45) is 0 Å². The Kier molecular flexibility index (Phi) is 23.5. The molecule has 0 aromatic rings. The smallest absolute Gasteiger partial charge is 0.330 e. The van der Waals surface area contributed by atoms with Crippen molar-refractivity contribution in [2.45, 2.75) is 84.1 Å². The summed E-state index contributed by atoms with van der Waals surface area (Å²) < 4.78 is 4.66. The molecule has 39 heavy (non-hydrogen) atoms. The number of rotatable bonds is 22. The number of hydrogen-bond donors (Lipinski definition) is 3. The molecule has 0 aromatic heterocycles. The number of carbonyl (C=O) groups excluding carboxylic acids is 3. The van der Waals surface area contributed by atoms with Gasteiger partial charge in [0.25, 0.3) is 0 Å². The summed E-state index contributed by atoms with van der Waals surface area (Å²) in [7, 11) is 0. The van der Waals surface area contributed by atoms with Gasteiger partial charge in [-0.25, -0.2) is 9.59 Å². The van der Waals surface area contributed by atoms with E-state index in [9.17, 15) is 24.3 Å². The normalized spacial score (nSPS) is 12.9. The summed E-state index contributed by atoms with van der Waals surface area (Å²) in [4.78, 5) is 46.3. The minimum atomic E-state index is -1.18. The highest BCUT2D eigenvalue weighted by molar-refractivity contribution is 5.96. The van der Waals surface area contributed by atoms with Crippen molar-refractivity contribution in [3.05, 3.63) is 72.9 Å². The molecule has 0 aliphatic rings. The van der Waals surface area contributed by atoms with E-state index in [-0.39, 0.29) is 18.9 Å². The van der Waals surface area contributed by atoms with Crippen molar-refractivity contribution < 1.29 is 29.0 Å². The zero-order chi connectivity index (χ0) is 29.0. The lowest BCUT2D eigenvalue weighted by Gasteiger charge is -2.13. The molecule has 0 saturated carbocycles. The van der Waals surface area contributed by atoms with Gasteiger partial charge >= 0.3 is 11.9 Å². The molecule has 0 heterocycles. The van der Waals surface area contributed by atoms with E-state index in [4.69, 9.17) is 0 Å². The van der Waals surface area contributed by atoms with Gasteiger partial charge in [-0.15, -0.1) is 0 Å². The summed E-state index contributed by atoms with van der Waals surface area (Å²) in [5.41, 5.74) is 0. The zero-order valence-electron chi connectivity index (χ0n) is 23.5. The Labute approximate surface area is 233 Å². The molecule has 0 bridgehead atoms. The van der Waals surface area contributed by atoms with Crippen LogP contribution in [0.4, 0.5) is 0 Å². The van der Waals surface area contributed by atoms with Gasteiger partial charge in [-0.1, -0.05) is 67.7 Å². The molecule has 0 aliphatic carbocycles. The fraction of sp³-hybridized carbons (Fsp3) is 0.484. The van der Waals surface area contributed by atoms with Crippen molar-refractivity contribution >= 4 is 23.8 Å². The number of nitrogens with one attached hydrogen (secondary N) is 2. The molecular weight excluding hydrogens is 496 g/mol. The highest BCUT2D eigenvalue weighted by Gasteiger charge is 2.18. The first-order chi connectivity index (χ1) is 18.9. The highest BCUT2D eigenvalue weighted by Crippen LogP contribution is 2.01. The van der Waals surface area contributed by atoms with Crippen LogP contribution in [-0.4, -0.2) is 48.1 Å². The number of hydrogen-bond acceptors (Lipinski definition) is 5. The van der Waals surface area contributed by atoms with Gasteiger partial charge in [0.15, 0.2) is 0 Å². The maximum absolute atomic E-state index is 12.0. The van der Waals surface area contributed by atoms with Crippen LogP contribution < -0.4 is 10.6 Å². The molecule has 8 nitrogen and oxygen atoms in total. The van der Waals surface area contributed by atoms with E-state index in [2.05, 4.69) is 83.1 Å². The van der Waals surface area contributed by atoms with Gasteiger partial charge in [0.2, 0.25) is 11.8 Å². The Balaban J connectivity index is 3.90. The minimum absolute atomic E-state index is 0.0874. The van der Waals surface area contributed by atoms with E-state index in [1.165, 1.54) is 0 Å². The van der Waals surface area contributed by atoms with Crippen LogP contribution in [0.15, 0.2) is 72.9 Å². The molecule has 8 heteroatoms. The van der Waals surface area contributed by atoms with Crippen molar-refractivity contribution in [2.75, 3.05) is 13.2 Å². The summed E-state index contributed by atoms with van der Waals surface area (Å²) in [6.07, 6.45) is 30.6. The number of carboxylic acid groups (broad SMARTS) is 1. The van der Waals surface area contributed by atoms with Gasteiger partial charge in [0, 0.05) is 25.1 Å². The second kappa shape index (κ2) is 25.9. The third-order valence-electron chi connectivity index (χ3n) is 5.20. The van der Waals surface area contributed by atoms with Gasteiger partial charge in [0.05, 0.1) is 6.61 Å². The highest BCUT2D eigenvalue weighted by atomic mass is 16.5. The number of unbranched alkanes of at least 4 members (excludes halogenated alkanes) is 1. The monoisotopic (exact) mass is 542 g/mol. The average Bonchev–Trinajstić information content (AvgIpc) is 2.91. The van der Waals surface area contributed by atoms with Crippen molar-refractivity contribution in [1.82, 2.24) is 10.6 Å². The fourth-order valence-corrected chi connectivity index (χ4v) is 3.18. The van der Waals surface area contributed by atoms with Crippen LogP contribution in [0.5, 0.6) is 0 Å². The lowest BCUT2D eigenvalue weighted by atomic mass is 10.1. The number of esters is 1. The number of carboxylic acids is 1. The number of allylic oxidation sites excluding steroid dienone is 10. The zero-order valence-corrected chi connectivity index (χ0v) is 23.5. The first-order valence-electron chi connectivity index (χ1n) is 13.8.